The van der Waals surface area contributed by atoms with Crippen molar-refractivity contribution in [2.24, 2.45) is 0 Å². The zero-order valence-electron chi connectivity index (χ0n) is 16.1. The number of hydrogen-bond donors (Lipinski definition) is 1. The zero-order valence-corrected chi connectivity index (χ0v) is 17.0. The van der Waals surface area contributed by atoms with E-state index in [0.29, 0.717) is 18.4 Å². The number of benzene rings is 3. The van der Waals surface area contributed by atoms with Crippen LogP contribution in [0.25, 0.3) is 11.1 Å². The van der Waals surface area contributed by atoms with Crippen LogP contribution in [0.3, 0.4) is 0 Å². The average molecular weight is 412 g/mol. The Morgan fingerprint density at radius 1 is 1.10 bits per heavy atom. The molecule has 0 radical (unpaired) electrons. The molecule has 1 unspecified atom stereocenters. The summed E-state index contributed by atoms with van der Waals surface area (Å²) >= 11 is 0. The average Bonchev–Trinajstić information content (AvgIpc) is 3.06. The second-order valence-electron chi connectivity index (χ2n) is 7.42. The van der Waals surface area contributed by atoms with Crippen molar-refractivity contribution in [1.82, 2.24) is 0 Å². The molecule has 0 amide bonds. The van der Waals surface area contributed by atoms with Crippen molar-refractivity contribution in [3.05, 3.63) is 82.7 Å². The number of fused-ring (bicyclic) bond motifs is 1. The predicted molar refractivity (Wildman–Crippen MR) is 109 cm³/mol. The van der Waals surface area contributed by atoms with Crippen molar-refractivity contribution in [3.8, 4) is 16.9 Å². The molecule has 0 saturated carbocycles. The zero-order chi connectivity index (χ0) is 20.8. The van der Waals surface area contributed by atoms with Gasteiger partial charge in [0.1, 0.15) is 6.10 Å². The Hall–Kier alpha value is -2.70. The summed E-state index contributed by atoms with van der Waals surface area (Å²) in [6.45, 7) is 3.64. The standard InChI is InChI=1S/C23H21FO4S/c1-14-6-3-4-8-20(14)17-10-18-12-19(28-23(18)21(24)13-17)11-16-7-5-9-22(15(16)2)29(25,26)27/h3-10,13,19H,11-12H2,1-2H3,(H,25,26,27). The Kier molecular flexibility index (Phi) is 4.92. The number of hydrogen-bond acceptors (Lipinski definition) is 3. The van der Waals surface area contributed by atoms with E-state index in [4.69, 9.17) is 4.74 Å². The lowest BCUT2D eigenvalue weighted by molar-refractivity contribution is 0.224. The monoisotopic (exact) mass is 412 g/mol. The van der Waals surface area contributed by atoms with E-state index in [-0.39, 0.29) is 16.7 Å². The van der Waals surface area contributed by atoms with Crippen molar-refractivity contribution >= 4 is 10.1 Å². The quantitative estimate of drug-likeness (QED) is 0.619. The van der Waals surface area contributed by atoms with Crippen LogP contribution in [0.1, 0.15) is 22.3 Å². The molecule has 4 rings (SSSR count). The Bertz CT molecular complexity index is 1200. The number of aryl methyl sites for hydroxylation is 1. The molecule has 1 N–H and O–H groups in total. The lowest BCUT2D eigenvalue weighted by atomic mass is 9.96. The van der Waals surface area contributed by atoms with Crippen LogP contribution in [-0.4, -0.2) is 19.1 Å². The minimum atomic E-state index is -4.29. The number of ether oxygens (including phenoxy) is 1. The van der Waals surface area contributed by atoms with Crippen LogP contribution in [-0.2, 0) is 23.0 Å². The van der Waals surface area contributed by atoms with Gasteiger partial charge in [-0.2, -0.15) is 8.42 Å². The molecule has 0 fully saturated rings. The van der Waals surface area contributed by atoms with Gasteiger partial charge in [0.15, 0.2) is 11.6 Å². The Labute approximate surface area is 169 Å². The van der Waals surface area contributed by atoms with Gasteiger partial charge in [0, 0.05) is 18.4 Å². The molecular weight excluding hydrogens is 391 g/mol. The minimum Gasteiger partial charge on any atom is -0.486 e. The second-order valence-corrected chi connectivity index (χ2v) is 8.81. The van der Waals surface area contributed by atoms with Gasteiger partial charge in [-0.15, -0.1) is 0 Å². The number of halogens is 1. The van der Waals surface area contributed by atoms with Crippen LogP contribution in [0.4, 0.5) is 4.39 Å². The molecule has 4 nitrogen and oxygen atoms in total. The highest BCUT2D eigenvalue weighted by Gasteiger charge is 2.28. The van der Waals surface area contributed by atoms with Crippen LogP contribution >= 0.6 is 0 Å². The van der Waals surface area contributed by atoms with E-state index >= 15 is 0 Å². The Balaban J connectivity index is 1.62. The van der Waals surface area contributed by atoms with Gasteiger partial charge in [-0.05, 0) is 59.9 Å². The Morgan fingerprint density at radius 3 is 2.59 bits per heavy atom. The summed E-state index contributed by atoms with van der Waals surface area (Å²) in [5.74, 6) is -0.136. The first-order valence-corrected chi connectivity index (χ1v) is 10.8. The van der Waals surface area contributed by atoms with Gasteiger partial charge in [-0.3, -0.25) is 4.55 Å². The topological polar surface area (TPSA) is 63.6 Å². The molecule has 3 aromatic rings. The molecule has 1 atom stereocenters. The van der Waals surface area contributed by atoms with E-state index in [1.807, 2.05) is 37.3 Å². The predicted octanol–water partition coefficient (Wildman–Crippen LogP) is 4.90. The molecule has 1 heterocycles. The van der Waals surface area contributed by atoms with Crippen molar-refractivity contribution in [3.63, 3.8) is 0 Å². The van der Waals surface area contributed by atoms with Crippen LogP contribution in [0.5, 0.6) is 5.75 Å². The molecule has 29 heavy (non-hydrogen) atoms. The molecule has 1 aliphatic heterocycles. The third kappa shape index (κ3) is 3.78. The van der Waals surface area contributed by atoms with E-state index in [2.05, 4.69) is 0 Å². The fourth-order valence-corrected chi connectivity index (χ4v) is 4.73. The maximum atomic E-state index is 14.7. The maximum absolute atomic E-state index is 14.7. The van der Waals surface area contributed by atoms with Gasteiger partial charge in [-0.25, -0.2) is 4.39 Å². The summed E-state index contributed by atoms with van der Waals surface area (Å²) in [7, 11) is -4.29. The van der Waals surface area contributed by atoms with Crippen molar-refractivity contribution in [1.29, 1.82) is 0 Å². The summed E-state index contributed by atoms with van der Waals surface area (Å²) in [6, 6.07) is 16.0. The molecule has 0 saturated heterocycles. The molecule has 0 aliphatic carbocycles. The first kappa shape index (κ1) is 19.6. The first-order valence-electron chi connectivity index (χ1n) is 9.35. The molecule has 0 spiro atoms. The van der Waals surface area contributed by atoms with Crippen LogP contribution in [0.2, 0.25) is 0 Å². The summed E-state index contributed by atoms with van der Waals surface area (Å²) in [5, 5.41) is 0. The van der Waals surface area contributed by atoms with Crippen LogP contribution in [0.15, 0.2) is 59.5 Å². The van der Waals surface area contributed by atoms with Crippen LogP contribution < -0.4 is 4.74 Å². The summed E-state index contributed by atoms with van der Waals surface area (Å²) in [6.07, 6.45) is 0.645. The fourth-order valence-electron chi connectivity index (χ4n) is 3.96. The summed E-state index contributed by atoms with van der Waals surface area (Å²) < 4.78 is 53.1. The normalized spacial score (nSPS) is 15.8. The highest BCUT2D eigenvalue weighted by Crippen LogP contribution is 2.37. The molecule has 0 bridgehead atoms. The third-order valence-corrected chi connectivity index (χ3v) is 6.43. The van der Waals surface area contributed by atoms with E-state index in [0.717, 1.165) is 27.8 Å². The maximum Gasteiger partial charge on any atom is 0.294 e. The lowest BCUT2D eigenvalue weighted by Crippen LogP contribution is -2.17. The summed E-state index contributed by atoms with van der Waals surface area (Å²) in [5.41, 5.74) is 4.90. The minimum absolute atomic E-state index is 0.112. The second kappa shape index (κ2) is 7.28. The van der Waals surface area contributed by atoms with Crippen LogP contribution in [0, 0.1) is 19.7 Å². The van der Waals surface area contributed by atoms with Crippen molar-refractivity contribution in [2.75, 3.05) is 0 Å². The van der Waals surface area contributed by atoms with Gasteiger partial charge in [0.05, 0.1) is 4.90 Å². The number of rotatable bonds is 4. The largest absolute Gasteiger partial charge is 0.486 e. The Morgan fingerprint density at radius 2 is 1.86 bits per heavy atom. The van der Waals surface area contributed by atoms with Crippen molar-refractivity contribution in [2.45, 2.75) is 37.7 Å². The highest BCUT2D eigenvalue weighted by molar-refractivity contribution is 7.85. The van der Waals surface area contributed by atoms with E-state index in [9.17, 15) is 17.4 Å². The van der Waals surface area contributed by atoms with Gasteiger partial charge in [0.25, 0.3) is 10.1 Å². The smallest absolute Gasteiger partial charge is 0.294 e. The lowest BCUT2D eigenvalue weighted by Gasteiger charge is -2.14. The third-order valence-electron chi connectivity index (χ3n) is 5.43. The molecule has 6 heteroatoms. The van der Waals surface area contributed by atoms with Gasteiger partial charge >= 0.3 is 0 Å². The SMILES string of the molecule is Cc1ccccc1-c1cc(F)c2c(c1)CC(Cc1cccc(S(=O)(=O)O)c1C)O2. The molecule has 3 aromatic carbocycles. The van der Waals surface area contributed by atoms with Gasteiger partial charge in [0.2, 0.25) is 0 Å². The van der Waals surface area contributed by atoms with Gasteiger partial charge in [-0.1, -0.05) is 36.4 Å². The molecular formula is C23H21FO4S. The molecule has 0 aromatic heterocycles. The molecule has 150 valence electrons. The summed E-state index contributed by atoms with van der Waals surface area (Å²) in [4.78, 5) is -0.112. The van der Waals surface area contributed by atoms with E-state index in [1.54, 1.807) is 19.1 Å². The molecule has 1 aliphatic rings. The van der Waals surface area contributed by atoms with Crippen molar-refractivity contribution < 1.29 is 22.1 Å². The first-order chi connectivity index (χ1) is 13.7. The van der Waals surface area contributed by atoms with E-state index in [1.165, 1.54) is 12.1 Å². The highest BCUT2D eigenvalue weighted by atomic mass is 32.2. The van der Waals surface area contributed by atoms with Gasteiger partial charge < -0.3 is 4.74 Å². The fraction of sp³-hybridized carbons (Fsp3) is 0.217. The van der Waals surface area contributed by atoms with E-state index < -0.39 is 15.9 Å².